The van der Waals surface area contributed by atoms with Crippen LogP contribution in [-0.4, -0.2) is 23.2 Å². The number of thiazole rings is 1. The van der Waals surface area contributed by atoms with Gasteiger partial charge in [0, 0.05) is 24.3 Å². The lowest BCUT2D eigenvalue weighted by atomic mass is 10.0. The summed E-state index contributed by atoms with van der Waals surface area (Å²) in [5.74, 6) is -0.0608. The minimum atomic E-state index is -0.129. The molecule has 0 spiro atoms. The van der Waals surface area contributed by atoms with Crippen molar-refractivity contribution in [2.24, 2.45) is 5.73 Å². The van der Waals surface area contributed by atoms with Crippen LogP contribution in [0.3, 0.4) is 0 Å². The third-order valence-corrected chi connectivity index (χ3v) is 3.71. The molecule has 5 nitrogen and oxygen atoms in total. The smallest absolute Gasteiger partial charge is 0.223 e. The number of nitrogens with two attached hydrogens (primary N) is 1. The molecule has 0 aliphatic carbocycles. The van der Waals surface area contributed by atoms with Gasteiger partial charge in [-0.25, -0.2) is 4.98 Å². The Morgan fingerprint density at radius 3 is 2.55 bits per heavy atom. The maximum Gasteiger partial charge on any atom is 0.223 e. The van der Waals surface area contributed by atoms with Crippen molar-refractivity contribution in [3.05, 3.63) is 35.2 Å². The normalized spacial score (nSPS) is 9.91. The molecule has 2 aromatic rings. The molecule has 0 unspecified atom stereocenters. The molecule has 0 aliphatic rings. The van der Waals surface area contributed by atoms with Crippen molar-refractivity contribution in [1.29, 1.82) is 0 Å². The number of aryl methyl sites for hydroxylation is 1. The molecule has 22 heavy (non-hydrogen) atoms. The van der Waals surface area contributed by atoms with Crippen LogP contribution in [0.4, 0.5) is 5.13 Å². The number of carbonyl (C=O) groups is 2. The molecule has 3 N–H and O–H groups in total. The maximum absolute atomic E-state index is 11.2. The Morgan fingerprint density at radius 2 is 1.95 bits per heavy atom. The molecule has 1 aromatic heterocycles. The summed E-state index contributed by atoms with van der Waals surface area (Å²) >= 11 is 1.39. The van der Waals surface area contributed by atoms with Gasteiger partial charge in [-0.2, -0.15) is 0 Å². The van der Waals surface area contributed by atoms with Gasteiger partial charge >= 0.3 is 0 Å². The first-order chi connectivity index (χ1) is 10.1. The standard InChI is InChI=1S/C15H17N3O2S.ClH/c1-10(19)17-15-18-14(9-21-15)12-5-2-11(3-6-12)4-7-13(20)8-16;/h2-3,5-6,9H,4,7-8,16H2,1H3,(H,17,18,19);1H. The second-order valence-electron chi connectivity index (χ2n) is 4.66. The van der Waals surface area contributed by atoms with Crippen molar-refractivity contribution in [2.45, 2.75) is 19.8 Å². The van der Waals surface area contributed by atoms with Crippen LogP contribution in [0.5, 0.6) is 0 Å². The van der Waals surface area contributed by atoms with E-state index in [0.717, 1.165) is 16.8 Å². The van der Waals surface area contributed by atoms with Crippen molar-refractivity contribution in [1.82, 2.24) is 4.98 Å². The van der Waals surface area contributed by atoms with E-state index < -0.39 is 0 Å². The number of amides is 1. The first kappa shape index (κ1) is 18.3. The van der Waals surface area contributed by atoms with Crippen LogP contribution < -0.4 is 11.1 Å². The van der Waals surface area contributed by atoms with E-state index in [9.17, 15) is 9.59 Å². The Bertz CT molecular complexity index is 640. The number of hydrogen-bond donors (Lipinski definition) is 2. The summed E-state index contributed by atoms with van der Waals surface area (Å²) in [5.41, 5.74) is 8.19. The summed E-state index contributed by atoms with van der Waals surface area (Å²) in [6.07, 6.45) is 1.17. The average Bonchev–Trinajstić information content (AvgIpc) is 2.93. The van der Waals surface area contributed by atoms with Crippen LogP contribution >= 0.6 is 23.7 Å². The Hall–Kier alpha value is -1.76. The predicted molar refractivity (Wildman–Crippen MR) is 91.5 cm³/mol. The number of aromatic nitrogens is 1. The number of ketones is 1. The molecule has 0 saturated carbocycles. The van der Waals surface area contributed by atoms with Gasteiger partial charge in [0.05, 0.1) is 12.2 Å². The molecule has 0 aliphatic heterocycles. The van der Waals surface area contributed by atoms with Crippen LogP contribution in [0.1, 0.15) is 18.9 Å². The molecule has 0 radical (unpaired) electrons. The van der Waals surface area contributed by atoms with E-state index in [1.54, 1.807) is 0 Å². The first-order valence-electron chi connectivity index (χ1n) is 6.62. The van der Waals surface area contributed by atoms with E-state index in [4.69, 9.17) is 5.73 Å². The number of anilines is 1. The molecule has 0 saturated heterocycles. The number of carbonyl (C=O) groups excluding carboxylic acids is 2. The van der Waals surface area contributed by atoms with Gasteiger partial charge in [0.25, 0.3) is 0 Å². The van der Waals surface area contributed by atoms with Crippen LogP contribution in [0.2, 0.25) is 0 Å². The molecule has 1 heterocycles. The Balaban J connectivity index is 0.00000242. The zero-order valence-corrected chi connectivity index (χ0v) is 13.8. The maximum atomic E-state index is 11.2. The van der Waals surface area contributed by atoms with Gasteiger partial charge in [-0.3, -0.25) is 9.59 Å². The van der Waals surface area contributed by atoms with Crippen LogP contribution in [0, 0.1) is 0 Å². The van der Waals surface area contributed by atoms with Gasteiger partial charge in [-0.15, -0.1) is 23.7 Å². The summed E-state index contributed by atoms with van der Waals surface area (Å²) in [6.45, 7) is 1.56. The molecule has 0 atom stereocenters. The fourth-order valence-electron chi connectivity index (χ4n) is 1.84. The number of halogens is 1. The number of nitrogens with one attached hydrogen (secondary N) is 1. The third kappa shape index (κ3) is 5.22. The molecule has 1 aromatic carbocycles. The Kier molecular flexibility index (Phi) is 7.17. The highest BCUT2D eigenvalue weighted by molar-refractivity contribution is 7.14. The quantitative estimate of drug-likeness (QED) is 0.847. The van der Waals surface area contributed by atoms with Gasteiger partial charge in [-0.05, 0) is 12.0 Å². The molecular weight excluding hydrogens is 322 g/mol. The highest BCUT2D eigenvalue weighted by atomic mass is 35.5. The molecule has 118 valence electrons. The van der Waals surface area contributed by atoms with Crippen molar-refractivity contribution in [2.75, 3.05) is 11.9 Å². The molecular formula is C15H18ClN3O2S. The van der Waals surface area contributed by atoms with Crippen LogP contribution in [0.25, 0.3) is 11.3 Å². The first-order valence-corrected chi connectivity index (χ1v) is 7.50. The summed E-state index contributed by atoms with van der Waals surface area (Å²) in [5, 5.41) is 5.16. The molecule has 0 fully saturated rings. The van der Waals surface area contributed by atoms with E-state index in [2.05, 4.69) is 10.3 Å². The van der Waals surface area contributed by atoms with Gasteiger partial charge in [0.15, 0.2) is 5.13 Å². The molecule has 2 rings (SSSR count). The van der Waals surface area contributed by atoms with Gasteiger partial charge in [-0.1, -0.05) is 24.3 Å². The van der Waals surface area contributed by atoms with Crippen molar-refractivity contribution >= 4 is 40.6 Å². The van der Waals surface area contributed by atoms with Crippen molar-refractivity contribution in [3.63, 3.8) is 0 Å². The Morgan fingerprint density at radius 1 is 1.27 bits per heavy atom. The van der Waals surface area contributed by atoms with Crippen molar-refractivity contribution in [3.8, 4) is 11.3 Å². The van der Waals surface area contributed by atoms with Gasteiger partial charge in [0.2, 0.25) is 5.91 Å². The second-order valence-corrected chi connectivity index (χ2v) is 5.52. The SMILES string of the molecule is CC(=O)Nc1nc(-c2ccc(CCC(=O)CN)cc2)cs1.Cl. The predicted octanol–water partition coefficient (Wildman–Crippen LogP) is 2.65. The molecule has 0 bridgehead atoms. The monoisotopic (exact) mass is 339 g/mol. The summed E-state index contributed by atoms with van der Waals surface area (Å²) in [7, 11) is 0. The summed E-state index contributed by atoms with van der Waals surface area (Å²) < 4.78 is 0. The number of Topliss-reactive ketones (excluding diaryl/α,β-unsaturated/α-hetero) is 1. The van der Waals surface area contributed by atoms with E-state index in [1.165, 1.54) is 18.3 Å². The minimum Gasteiger partial charge on any atom is -0.324 e. The van der Waals surface area contributed by atoms with Gasteiger partial charge in [0.1, 0.15) is 5.78 Å². The topological polar surface area (TPSA) is 85.1 Å². The van der Waals surface area contributed by atoms with E-state index in [-0.39, 0.29) is 30.6 Å². The minimum absolute atomic E-state index is 0. The number of benzene rings is 1. The number of hydrogen-bond acceptors (Lipinski definition) is 5. The highest BCUT2D eigenvalue weighted by Crippen LogP contribution is 2.25. The van der Waals surface area contributed by atoms with E-state index in [0.29, 0.717) is 18.0 Å². The fraction of sp³-hybridized carbons (Fsp3) is 0.267. The Labute approximate surface area is 139 Å². The number of nitrogens with zero attached hydrogens (tertiary/aromatic N) is 1. The van der Waals surface area contributed by atoms with Crippen LogP contribution in [0.15, 0.2) is 29.6 Å². The van der Waals surface area contributed by atoms with Crippen molar-refractivity contribution < 1.29 is 9.59 Å². The molecule has 7 heteroatoms. The summed E-state index contributed by atoms with van der Waals surface area (Å²) in [4.78, 5) is 26.5. The highest BCUT2D eigenvalue weighted by Gasteiger charge is 2.06. The lowest BCUT2D eigenvalue weighted by molar-refractivity contribution is -0.117. The average molecular weight is 340 g/mol. The summed E-state index contributed by atoms with van der Waals surface area (Å²) in [6, 6.07) is 7.90. The fourth-order valence-corrected chi connectivity index (χ4v) is 2.61. The third-order valence-electron chi connectivity index (χ3n) is 2.96. The van der Waals surface area contributed by atoms with E-state index >= 15 is 0 Å². The van der Waals surface area contributed by atoms with Gasteiger partial charge < -0.3 is 11.1 Å². The zero-order valence-electron chi connectivity index (χ0n) is 12.2. The largest absolute Gasteiger partial charge is 0.324 e. The zero-order chi connectivity index (χ0) is 15.2. The van der Waals surface area contributed by atoms with E-state index in [1.807, 2.05) is 29.6 Å². The molecule has 1 amide bonds. The lowest BCUT2D eigenvalue weighted by Crippen LogP contribution is -2.13. The number of rotatable bonds is 6. The van der Waals surface area contributed by atoms with Crippen LogP contribution in [-0.2, 0) is 16.0 Å². The second kappa shape index (κ2) is 8.63. The lowest BCUT2D eigenvalue weighted by Gasteiger charge is -2.02.